The number of hydrogen-bond donors (Lipinski definition) is 0. The van der Waals surface area contributed by atoms with Crippen LogP contribution in [-0.4, -0.2) is 19.4 Å². The van der Waals surface area contributed by atoms with Gasteiger partial charge < -0.3 is 4.90 Å². The van der Waals surface area contributed by atoms with Gasteiger partial charge in [0.25, 0.3) is 0 Å². The maximum Gasteiger partial charge on any atom is 0.152 e. The zero-order chi connectivity index (χ0) is 9.97. The lowest BCUT2D eigenvalue weighted by Crippen LogP contribution is -2.20. The van der Waals surface area contributed by atoms with E-state index in [2.05, 4.69) is 0 Å². The molecule has 0 spiro atoms. The average molecular weight is 191 g/mol. The molecule has 1 aliphatic heterocycles. The van der Waals surface area contributed by atoms with Crippen LogP contribution in [0, 0.1) is 5.82 Å². The third kappa shape index (κ3) is 1.53. The second-order valence-corrected chi connectivity index (χ2v) is 3.20. The fourth-order valence-electron chi connectivity index (χ4n) is 1.58. The van der Waals surface area contributed by atoms with Gasteiger partial charge >= 0.3 is 0 Å². The van der Waals surface area contributed by atoms with Gasteiger partial charge in [0, 0.05) is 24.3 Å². The van der Waals surface area contributed by atoms with E-state index in [4.69, 9.17) is 0 Å². The zero-order valence-corrected chi connectivity index (χ0v) is 7.61. The van der Waals surface area contributed by atoms with Crippen LogP contribution in [0.1, 0.15) is 10.4 Å². The Morgan fingerprint density at radius 2 is 2.00 bits per heavy atom. The van der Waals surface area contributed by atoms with Gasteiger partial charge in [0.1, 0.15) is 5.82 Å². The van der Waals surface area contributed by atoms with Gasteiger partial charge in [-0.2, -0.15) is 0 Å². The summed E-state index contributed by atoms with van der Waals surface area (Å²) in [6.45, 7) is 1.57. The lowest BCUT2D eigenvalue weighted by molar-refractivity contribution is 0.112. The Morgan fingerprint density at radius 3 is 2.64 bits per heavy atom. The Hall–Kier alpha value is -1.64. The van der Waals surface area contributed by atoms with Crippen LogP contribution in [0.5, 0.6) is 0 Å². The maximum atomic E-state index is 12.8. The number of carbonyl (C=O) groups is 1. The number of benzene rings is 1. The van der Waals surface area contributed by atoms with Crippen LogP contribution >= 0.6 is 0 Å². The predicted molar refractivity (Wildman–Crippen MR) is 53.1 cm³/mol. The minimum atomic E-state index is -0.372. The third-order valence-corrected chi connectivity index (χ3v) is 2.28. The van der Waals surface area contributed by atoms with Gasteiger partial charge in [-0.1, -0.05) is 12.2 Å². The minimum absolute atomic E-state index is 0.372. The zero-order valence-electron chi connectivity index (χ0n) is 7.61. The van der Waals surface area contributed by atoms with Gasteiger partial charge in [0.2, 0.25) is 0 Å². The molecule has 2 rings (SSSR count). The largest absolute Gasteiger partial charge is 0.364 e. The lowest BCUT2D eigenvalue weighted by atomic mass is 10.1. The Balaban J connectivity index is 2.36. The first-order valence-electron chi connectivity index (χ1n) is 4.46. The Kier molecular flexibility index (Phi) is 2.31. The predicted octanol–water partition coefficient (Wildman–Crippen LogP) is 2.01. The summed E-state index contributed by atoms with van der Waals surface area (Å²) in [5, 5.41) is 0. The van der Waals surface area contributed by atoms with Crippen molar-refractivity contribution in [2.75, 3.05) is 18.0 Å². The van der Waals surface area contributed by atoms with Gasteiger partial charge in [0.15, 0.2) is 6.29 Å². The Labute approximate surface area is 81.6 Å². The summed E-state index contributed by atoms with van der Waals surface area (Å²) in [7, 11) is 0. The summed E-state index contributed by atoms with van der Waals surface area (Å²) in [5.41, 5.74) is 1.21. The first-order valence-corrected chi connectivity index (χ1v) is 4.46. The molecule has 1 aromatic carbocycles. The topological polar surface area (TPSA) is 20.3 Å². The van der Waals surface area contributed by atoms with Crippen molar-refractivity contribution in [1.82, 2.24) is 0 Å². The first-order chi connectivity index (χ1) is 6.81. The summed E-state index contributed by atoms with van der Waals surface area (Å²) in [5.74, 6) is -0.372. The van der Waals surface area contributed by atoms with Crippen molar-refractivity contribution in [3.8, 4) is 0 Å². The van der Waals surface area contributed by atoms with E-state index >= 15 is 0 Å². The van der Waals surface area contributed by atoms with E-state index in [1.807, 2.05) is 17.1 Å². The highest BCUT2D eigenvalue weighted by atomic mass is 19.1. The summed E-state index contributed by atoms with van der Waals surface area (Å²) < 4.78 is 12.8. The SMILES string of the molecule is O=Cc1cc(F)ccc1N1CC=CC1. The van der Waals surface area contributed by atoms with Crippen molar-refractivity contribution in [1.29, 1.82) is 0 Å². The monoisotopic (exact) mass is 191 g/mol. The average Bonchev–Trinajstić information content (AvgIpc) is 2.70. The Morgan fingerprint density at radius 1 is 1.29 bits per heavy atom. The molecule has 0 unspecified atom stereocenters. The molecule has 72 valence electrons. The molecule has 0 N–H and O–H groups in total. The van der Waals surface area contributed by atoms with E-state index in [0.29, 0.717) is 11.8 Å². The van der Waals surface area contributed by atoms with Crippen molar-refractivity contribution in [2.45, 2.75) is 0 Å². The van der Waals surface area contributed by atoms with Crippen molar-refractivity contribution in [3.05, 3.63) is 41.7 Å². The van der Waals surface area contributed by atoms with Gasteiger partial charge in [-0.25, -0.2) is 4.39 Å². The highest BCUT2D eigenvalue weighted by Gasteiger charge is 2.12. The molecule has 0 aliphatic carbocycles. The highest BCUT2D eigenvalue weighted by molar-refractivity contribution is 5.84. The molecule has 0 amide bonds. The van der Waals surface area contributed by atoms with E-state index in [1.165, 1.54) is 12.1 Å². The van der Waals surface area contributed by atoms with Gasteiger partial charge in [-0.15, -0.1) is 0 Å². The van der Waals surface area contributed by atoms with E-state index in [1.54, 1.807) is 6.07 Å². The number of nitrogens with zero attached hydrogens (tertiary/aromatic N) is 1. The number of hydrogen-bond acceptors (Lipinski definition) is 2. The van der Waals surface area contributed by atoms with Crippen molar-refractivity contribution in [2.24, 2.45) is 0 Å². The van der Waals surface area contributed by atoms with Crippen molar-refractivity contribution < 1.29 is 9.18 Å². The molecular weight excluding hydrogens is 181 g/mol. The summed E-state index contributed by atoms with van der Waals surface area (Å²) >= 11 is 0. The molecule has 3 heteroatoms. The number of aldehydes is 1. The maximum absolute atomic E-state index is 12.8. The van der Waals surface area contributed by atoms with Crippen LogP contribution in [-0.2, 0) is 0 Å². The van der Waals surface area contributed by atoms with Crippen LogP contribution in [0.2, 0.25) is 0 Å². The van der Waals surface area contributed by atoms with Crippen LogP contribution in [0.3, 0.4) is 0 Å². The van der Waals surface area contributed by atoms with Crippen LogP contribution in [0.25, 0.3) is 0 Å². The quantitative estimate of drug-likeness (QED) is 0.526. The number of anilines is 1. The fourth-order valence-corrected chi connectivity index (χ4v) is 1.58. The van der Waals surface area contributed by atoms with E-state index in [9.17, 15) is 9.18 Å². The van der Waals surface area contributed by atoms with Gasteiger partial charge in [-0.3, -0.25) is 4.79 Å². The van der Waals surface area contributed by atoms with E-state index in [-0.39, 0.29) is 5.82 Å². The van der Waals surface area contributed by atoms with Crippen molar-refractivity contribution >= 4 is 12.0 Å². The molecule has 1 heterocycles. The molecule has 1 aliphatic rings. The summed E-state index contributed by atoms with van der Waals surface area (Å²) in [4.78, 5) is 12.7. The molecule has 0 saturated heterocycles. The molecular formula is C11H10FNO. The number of rotatable bonds is 2. The molecule has 0 aromatic heterocycles. The lowest BCUT2D eigenvalue weighted by Gasteiger charge is -2.19. The number of halogens is 1. The molecule has 0 radical (unpaired) electrons. The molecule has 0 saturated carbocycles. The van der Waals surface area contributed by atoms with E-state index < -0.39 is 0 Å². The van der Waals surface area contributed by atoms with Crippen LogP contribution in [0.4, 0.5) is 10.1 Å². The van der Waals surface area contributed by atoms with Crippen LogP contribution in [0.15, 0.2) is 30.4 Å². The molecule has 2 nitrogen and oxygen atoms in total. The van der Waals surface area contributed by atoms with Crippen molar-refractivity contribution in [3.63, 3.8) is 0 Å². The van der Waals surface area contributed by atoms with Gasteiger partial charge in [-0.05, 0) is 18.2 Å². The highest BCUT2D eigenvalue weighted by Crippen LogP contribution is 2.21. The second kappa shape index (κ2) is 3.62. The molecule has 1 aromatic rings. The normalized spacial score (nSPS) is 14.8. The third-order valence-electron chi connectivity index (χ3n) is 2.28. The summed E-state index contributed by atoms with van der Waals surface area (Å²) in [6, 6.07) is 4.29. The smallest absolute Gasteiger partial charge is 0.152 e. The van der Waals surface area contributed by atoms with Gasteiger partial charge in [0.05, 0.1) is 0 Å². The minimum Gasteiger partial charge on any atom is -0.364 e. The van der Waals surface area contributed by atoms with Crippen LogP contribution < -0.4 is 4.90 Å². The standard InChI is InChI=1S/C11H10FNO/c12-10-3-4-11(9(7-10)8-14)13-5-1-2-6-13/h1-4,7-8H,5-6H2. The molecule has 0 atom stereocenters. The van der Waals surface area contributed by atoms with E-state index in [0.717, 1.165) is 18.8 Å². The molecule has 14 heavy (non-hydrogen) atoms. The number of carbonyl (C=O) groups excluding carboxylic acids is 1. The second-order valence-electron chi connectivity index (χ2n) is 3.20. The first kappa shape index (κ1) is 8.94. The molecule has 0 fully saturated rings. The molecule has 0 bridgehead atoms. The fraction of sp³-hybridized carbons (Fsp3) is 0.182. The Bertz CT molecular complexity index is 379. The summed E-state index contributed by atoms with van der Waals surface area (Å²) in [6.07, 6.45) is 4.74.